The summed E-state index contributed by atoms with van der Waals surface area (Å²) >= 11 is 0. The average Bonchev–Trinajstić information content (AvgIpc) is 3.06. The van der Waals surface area contributed by atoms with E-state index in [9.17, 15) is 4.79 Å². The summed E-state index contributed by atoms with van der Waals surface area (Å²) in [5.74, 6) is 4.90. The molecule has 0 aliphatic carbocycles. The molecule has 1 aliphatic rings. The van der Waals surface area contributed by atoms with Gasteiger partial charge in [-0.2, -0.15) is 0 Å². The second kappa shape index (κ2) is 5.26. The van der Waals surface area contributed by atoms with Gasteiger partial charge in [0.25, 0.3) is 5.91 Å². The third-order valence-corrected chi connectivity index (χ3v) is 3.87. The van der Waals surface area contributed by atoms with Crippen LogP contribution in [0.5, 0.6) is 0 Å². The van der Waals surface area contributed by atoms with Crippen LogP contribution in [0.1, 0.15) is 18.4 Å². The molecule has 0 spiro atoms. The molecule has 1 aliphatic heterocycles. The highest BCUT2D eigenvalue weighted by Crippen LogP contribution is 2.24. The number of nitrogens with two attached hydrogens (primary N) is 1. The Morgan fingerprint density at radius 1 is 1.45 bits per heavy atom. The molecule has 5 heteroatoms. The van der Waals surface area contributed by atoms with Crippen molar-refractivity contribution in [1.29, 1.82) is 0 Å². The normalized spacial score (nSPS) is 22.3. The average molecular weight is 273 g/mol. The van der Waals surface area contributed by atoms with Gasteiger partial charge in [0.05, 0.1) is 6.10 Å². The van der Waals surface area contributed by atoms with Gasteiger partial charge in [0.1, 0.15) is 6.10 Å². The Bertz CT molecular complexity index is 635. The number of hydrogen-bond donors (Lipinski definition) is 2. The SMILES string of the molecule is Cc1ccc2ccn(CC3CCC(C(=O)NN)O3)c2c1. The monoisotopic (exact) mass is 273 g/mol. The first-order valence-corrected chi connectivity index (χ1v) is 6.89. The number of hydrogen-bond acceptors (Lipinski definition) is 3. The fourth-order valence-corrected chi connectivity index (χ4v) is 2.80. The lowest BCUT2D eigenvalue weighted by Gasteiger charge is -2.14. The third-order valence-electron chi connectivity index (χ3n) is 3.87. The van der Waals surface area contributed by atoms with Crippen molar-refractivity contribution < 1.29 is 9.53 Å². The van der Waals surface area contributed by atoms with Crippen LogP contribution in [-0.4, -0.2) is 22.7 Å². The van der Waals surface area contributed by atoms with Crippen LogP contribution in [0.15, 0.2) is 30.5 Å². The van der Waals surface area contributed by atoms with Gasteiger partial charge in [0.2, 0.25) is 0 Å². The Labute approximate surface area is 117 Å². The lowest BCUT2D eigenvalue weighted by Crippen LogP contribution is -2.39. The molecule has 1 fully saturated rings. The van der Waals surface area contributed by atoms with E-state index in [4.69, 9.17) is 10.6 Å². The molecule has 0 bridgehead atoms. The largest absolute Gasteiger partial charge is 0.363 e. The van der Waals surface area contributed by atoms with Gasteiger partial charge in [-0.15, -0.1) is 0 Å². The summed E-state index contributed by atoms with van der Waals surface area (Å²) < 4.78 is 7.94. The Kier molecular flexibility index (Phi) is 3.46. The van der Waals surface area contributed by atoms with Gasteiger partial charge in [-0.25, -0.2) is 5.84 Å². The lowest BCUT2D eigenvalue weighted by molar-refractivity contribution is -0.132. The van der Waals surface area contributed by atoms with Gasteiger partial charge in [-0.05, 0) is 42.8 Å². The minimum absolute atomic E-state index is 0.0633. The smallest absolute Gasteiger partial charge is 0.263 e. The van der Waals surface area contributed by atoms with Gasteiger partial charge >= 0.3 is 0 Å². The molecule has 3 N–H and O–H groups in total. The molecule has 3 rings (SSSR count). The van der Waals surface area contributed by atoms with E-state index in [0.29, 0.717) is 0 Å². The quantitative estimate of drug-likeness (QED) is 0.505. The number of amides is 1. The first-order chi connectivity index (χ1) is 9.67. The number of benzene rings is 1. The Morgan fingerprint density at radius 3 is 3.10 bits per heavy atom. The standard InChI is InChI=1S/C15H19N3O2/c1-10-2-3-11-6-7-18(13(11)8-10)9-12-4-5-14(20-12)15(19)17-16/h2-3,6-8,12,14H,4-5,9,16H2,1H3,(H,17,19). The molecular formula is C15H19N3O2. The fourth-order valence-electron chi connectivity index (χ4n) is 2.80. The zero-order valence-corrected chi connectivity index (χ0v) is 11.5. The molecule has 0 saturated carbocycles. The van der Waals surface area contributed by atoms with Crippen molar-refractivity contribution in [3.63, 3.8) is 0 Å². The molecule has 2 unspecified atom stereocenters. The number of nitrogens with one attached hydrogen (secondary N) is 1. The predicted octanol–water partition coefficient (Wildman–Crippen LogP) is 1.49. The zero-order valence-electron chi connectivity index (χ0n) is 11.5. The van der Waals surface area contributed by atoms with Crippen LogP contribution in [0.4, 0.5) is 0 Å². The van der Waals surface area contributed by atoms with E-state index < -0.39 is 6.10 Å². The summed E-state index contributed by atoms with van der Waals surface area (Å²) in [5, 5.41) is 1.23. The molecule has 5 nitrogen and oxygen atoms in total. The highest BCUT2D eigenvalue weighted by molar-refractivity contribution is 5.81. The van der Waals surface area contributed by atoms with Crippen LogP contribution >= 0.6 is 0 Å². The lowest BCUT2D eigenvalue weighted by atomic mass is 10.1. The number of rotatable bonds is 3. The summed E-state index contributed by atoms with van der Waals surface area (Å²) in [6.07, 6.45) is 3.33. The summed E-state index contributed by atoms with van der Waals surface area (Å²) in [7, 11) is 0. The second-order valence-corrected chi connectivity index (χ2v) is 5.36. The van der Waals surface area contributed by atoms with Crippen molar-refractivity contribution in [1.82, 2.24) is 9.99 Å². The van der Waals surface area contributed by atoms with Crippen molar-refractivity contribution >= 4 is 16.8 Å². The highest BCUT2D eigenvalue weighted by atomic mass is 16.5. The predicted molar refractivity (Wildman–Crippen MR) is 76.9 cm³/mol. The van der Waals surface area contributed by atoms with Crippen LogP contribution < -0.4 is 11.3 Å². The number of fused-ring (bicyclic) bond motifs is 1. The molecule has 2 aromatic rings. The van der Waals surface area contributed by atoms with E-state index >= 15 is 0 Å². The molecule has 2 atom stereocenters. The number of carbonyl (C=O) groups is 1. The number of carbonyl (C=O) groups excluding carboxylic acids is 1. The van der Waals surface area contributed by atoms with Gasteiger partial charge in [-0.3, -0.25) is 10.2 Å². The van der Waals surface area contributed by atoms with Crippen LogP contribution in [0.25, 0.3) is 10.9 Å². The van der Waals surface area contributed by atoms with Crippen molar-refractivity contribution in [3.8, 4) is 0 Å². The molecule has 20 heavy (non-hydrogen) atoms. The summed E-state index contributed by atoms with van der Waals surface area (Å²) in [4.78, 5) is 11.5. The maximum atomic E-state index is 11.5. The number of hydrazine groups is 1. The third kappa shape index (κ3) is 2.42. The van der Waals surface area contributed by atoms with Gasteiger partial charge < -0.3 is 9.30 Å². The molecule has 1 saturated heterocycles. The Balaban J connectivity index is 1.74. The number of aromatic nitrogens is 1. The maximum absolute atomic E-state index is 11.5. The molecule has 2 heterocycles. The van der Waals surface area contributed by atoms with Crippen molar-refractivity contribution in [3.05, 3.63) is 36.0 Å². The van der Waals surface area contributed by atoms with Crippen LogP contribution in [0, 0.1) is 6.92 Å². The number of aryl methyl sites for hydroxylation is 1. The van der Waals surface area contributed by atoms with Gasteiger partial charge in [-0.1, -0.05) is 12.1 Å². The van der Waals surface area contributed by atoms with E-state index in [-0.39, 0.29) is 12.0 Å². The molecule has 106 valence electrons. The Hall–Kier alpha value is -1.85. The Morgan fingerprint density at radius 2 is 2.30 bits per heavy atom. The van der Waals surface area contributed by atoms with Crippen LogP contribution in [0.3, 0.4) is 0 Å². The van der Waals surface area contributed by atoms with Gasteiger partial charge in [0.15, 0.2) is 0 Å². The molecule has 0 radical (unpaired) electrons. The second-order valence-electron chi connectivity index (χ2n) is 5.36. The van der Waals surface area contributed by atoms with Crippen molar-refractivity contribution in [2.75, 3.05) is 0 Å². The summed E-state index contributed by atoms with van der Waals surface area (Å²) in [5.41, 5.74) is 4.60. The van der Waals surface area contributed by atoms with E-state index in [1.54, 1.807) is 0 Å². The minimum Gasteiger partial charge on any atom is -0.363 e. The van der Waals surface area contributed by atoms with E-state index in [2.05, 4.69) is 47.4 Å². The first-order valence-electron chi connectivity index (χ1n) is 6.89. The van der Waals surface area contributed by atoms with Crippen LogP contribution in [0.2, 0.25) is 0 Å². The van der Waals surface area contributed by atoms with E-state index in [0.717, 1.165) is 19.4 Å². The first kappa shape index (κ1) is 13.1. The number of nitrogens with zero attached hydrogens (tertiary/aromatic N) is 1. The molecule has 1 aromatic carbocycles. The summed E-state index contributed by atoms with van der Waals surface area (Å²) in [6.45, 7) is 2.85. The molecule has 1 amide bonds. The van der Waals surface area contributed by atoms with Crippen LogP contribution in [-0.2, 0) is 16.1 Å². The van der Waals surface area contributed by atoms with Crippen molar-refractivity contribution in [2.24, 2.45) is 5.84 Å². The molecular weight excluding hydrogens is 254 g/mol. The minimum atomic E-state index is -0.409. The fraction of sp³-hybridized carbons (Fsp3) is 0.400. The zero-order chi connectivity index (χ0) is 14.1. The topological polar surface area (TPSA) is 69.3 Å². The van der Waals surface area contributed by atoms with Gasteiger partial charge in [0, 0.05) is 18.3 Å². The highest BCUT2D eigenvalue weighted by Gasteiger charge is 2.30. The number of ether oxygens (including phenoxy) is 1. The van der Waals surface area contributed by atoms with Crippen molar-refractivity contribution in [2.45, 2.75) is 38.5 Å². The maximum Gasteiger partial charge on any atom is 0.263 e. The van der Waals surface area contributed by atoms with E-state index in [1.807, 2.05) is 0 Å². The molecule has 1 aromatic heterocycles. The summed E-state index contributed by atoms with van der Waals surface area (Å²) in [6, 6.07) is 8.52. The van der Waals surface area contributed by atoms with E-state index in [1.165, 1.54) is 16.5 Å².